The molecule has 0 N–H and O–H groups in total. The third-order valence-corrected chi connectivity index (χ3v) is 2.81. The number of rotatable bonds is 1. The van der Waals surface area contributed by atoms with Crippen LogP contribution in [0.5, 0.6) is 0 Å². The first-order valence-corrected chi connectivity index (χ1v) is 5.04. The Balaban J connectivity index is 2.43. The monoisotopic (exact) mass is 188 g/mol. The molecule has 1 unspecified atom stereocenters. The van der Waals surface area contributed by atoms with Gasteiger partial charge in [-0.3, -0.25) is 0 Å². The van der Waals surface area contributed by atoms with Gasteiger partial charge in [0.25, 0.3) is 0 Å². The van der Waals surface area contributed by atoms with Crippen molar-refractivity contribution in [3.8, 4) is 0 Å². The molecule has 0 aliphatic heterocycles. The number of furan rings is 1. The lowest BCUT2D eigenvalue weighted by molar-refractivity contribution is 0.400. The Labute approximate surface area is 85.1 Å². The molecule has 2 rings (SSSR count). The summed E-state index contributed by atoms with van der Waals surface area (Å²) in [5.41, 5.74) is 1.30. The van der Waals surface area contributed by atoms with E-state index in [2.05, 4.69) is 44.2 Å². The highest BCUT2D eigenvalue weighted by Gasteiger charge is 2.28. The van der Waals surface area contributed by atoms with Gasteiger partial charge < -0.3 is 4.42 Å². The maximum atomic E-state index is 5.77. The van der Waals surface area contributed by atoms with Crippen molar-refractivity contribution in [1.82, 2.24) is 0 Å². The molecule has 1 nitrogen and oxygen atoms in total. The molecule has 0 amide bonds. The fraction of sp³-hybridized carbons (Fsp3) is 0.385. The SMILES string of the molecule is Cc1cc(C)c(C2(C)C=CC=CC2)o1. The van der Waals surface area contributed by atoms with E-state index in [1.807, 2.05) is 6.92 Å². The van der Waals surface area contributed by atoms with Crippen LogP contribution >= 0.6 is 0 Å². The van der Waals surface area contributed by atoms with Crippen LogP contribution < -0.4 is 0 Å². The third kappa shape index (κ3) is 1.43. The Bertz CT molecular complexity index is 395. The summed E-state index contributed by atoms with van der Waals surface area (Å²) in [6, 6.07) is 2.10. The highest BCUT2D eigenvalue weighted by molar-refractivity contribution is 5.34. The van der Waals surface area contributed by atoms with Crippen LogP contribution in [0, 0.1) is 13.8 Å². The number of allylic oxidation sites excluding steroid dienone is 4. The van der Waals surface area contributed by atoms with E-state index >= 15 is 0 Å². The highest BCUT2D eigenvalue weighted by atomic mass is 16.3. The summed E-state index contributed by atoms with van der Waals surface area (Å²) in [7, 11) is 0. The predicted molar refractivity (Wildman–Crippen MR) is 58.4 cm³/mol. The van der Waals surface area contributed by atoms with Gasteiger partial charge in [-0.2, -0.15) is 0 Å². The molecule has 0 bridgehead atoms. The molecule has 1 heteroatoms. The number of hydrogen-bond acceptors (Lipinski definition) is 1. The van der Waals surface area contributed by atoms with Crippen molar-refractivity contribution in [3.63, 3.8) is 0 Å². The fourth-order valence-electron chi connectivity index (χ4n) is 2.10. The average Bonchev–Trinajstić information content (AvgIpc) is 2.47. The molecule has 0 fully saturated rings. The maximum Gasteiger partial charge on any atom is 0.117 e. The minimum Gasteiger partial charge on any atom is -0.465 e. The minimum atomic E-state index is 0.0487. The van der Waals surface area contributed by atoms with Crippen LogP contribution in [-0.2, 0) is 5.41 Å². The molecule has 0 saturated carbocycles. The first kappa shape index (κ1) is 9.32. The Morgan fingerprint density at radius 1 is 1.29 bits per heavy atom. The van der Waals surface area contributed by atoms with Gasteiger partial charge in [0.2, 0.25) is 0 Å². The lowest BCUT2D eigenvalue weighted by Crippen LogP contribution is -2.19. The van der Waals surface area contributed by atoms with Gasteiger partial charge in [0, 0.05) is 5.41 Å². The summed E-state index contributed by atoms with van der Waals surface area (Å²) < 4.78 is 5.77. The van der Waals surface area contributed by atoms with Gasteiger partial charge in [0.05, 0.1) is 0 Å². The van der Waals surface area contributed by atoms with Gasteiger partial charge in [-0.15, -0.1) is 0 Å². The van der Waals surface area contributed by atoms with E-state index in [-0.39, 0.29) is 5.41 Å². The second kappa shape index (κ2) is 3.16. The standard InChI is InChI=1S/C13H16O/c1-10-9-11(2)14-12(10)13(3)7-5-4-6-8-13/h4-7,9H,8H2,1-3H3. The van der Waals surface area contributed by atoms with Gasteiger partial charge in [0.15, 0.2) is 0 Å². The normalized spacial score (nSPS) is 25.6. The zero-order valence-electron chi connectivity index (χ0n) is 9.00. The molecule has 0 radical (unpaired) electrons. The molecular weight excluding hydrogens is 172 g/mol. The van der Waals surface area contributed by atoms with Crippen LogP contribution in [0.1, 0.15) is 30.4 Å². The van der Waals surface area contributed by atoms with E-state index < -0.39 is 0 Å². The van der Waals surface area contributed by atoms with Gasteiger partial charge >= 0.3 is 0 Å². The van der Waals surface area contributed by atoms with Crippen molar-refractivity contribution in [1.29, 1.82) is 0 Å². The summed E-state index contributed by atoms with van der Waals surface area (Å²) >= 11 is 0. The zero-order chi connectivity index (χ0) is 10.2. The molecule has 0 aromatic carbocycles. The molecule has 1 aliphatic carbocycles. The van der Waals surface area contributed by atoms with Crippen molar-refractivity contribution in [2.24, 2.45) is 0 Å². The lowest BCUT2D eigenvalue weighted by atomic mass is 9.80. The van der Waals surface area contributed by atoms with Crippen LogP contribution in [0.4, 0.5) is 0 Å². The minimum absolute atomic E-state index is 0.0487. The quantitative estimate of drug-likeness (QED) is 0.655. The van der Waals surface area contributed by atoms with E-state index in [9.17, 15) is 0 Å². The lowest BCUT2D eigenvalue weighted by Gasteiger charge is -2.24. The molecule has 74 valence electrons. The van der Waals surface area contributed by atoms with Crippen molar-refractivity contribution >= 4 is 0 Å². The Kier molecular flexibility index (Phi) is 2.10. The largest absolute Gasteiger partial charge is 0.465 e. The Hall–Kier alpha value is -1.24. The third-order valence-electron chi connectivity index (χ3n) is 2.81. The molecule has 1 aromatic heterocycles. The second-order valence-electron chi connectivity index (χ2n) is 4.28. The Morgan fingerprint density at radius 2 is 2.07 bits per heavy atom. The maximum absolute atomic E-state index is 5.77. The van der Waals surface area contributed by atoms with Crippen molar-refractivity contribution in [2.45, 2.75) is 32.6 Å². The summed E-state index contributed by atoms with van der Waals surface area (Å²) in [4.78, 5) is 0. The number of aryl methyl sites for hydroxylation is 2. The van der Waals surface area contributed by atoms with E-state index in [1.165, 1.54) is 5.56 Å². The van der Waals surface area contributed by atoms with E-state index in [0.29, 0.717) is 0 Å². The smallest absolute Gasteiger partial charge is 0.117 e. The average molecular weight is 188 g/mol. The van der Waals surface area contributed by atoms with Gasteiger partial charge in [-0.05, 0) is 38.8 Å². The fourth-order valence-corrected chi connectivity index (χ4v) is 2.10. The summed E-state index contributed by atoms with van der Waals surface area (Å²) in [6.45, 7) is 6.34. The molecule has 0 spiro atoms. The van der Waals surface area contributed by atoms with Gasteiger partial charge in [-0.25, -0.2) is 0 Å². The second-order valence-corrected chi connectivity index (χ2v) is 4.28. The van der Waals surface area contributed by atoms with E-state index in [1.54, 1.807) is 0 Å². The van der Waals surface area contributed by atoms with E-state index in [0.717, 1.165) is 17.9 Å². The topological polar surface area (TPSA) is 13.1 Å². The first-order valence-electron chi connectivity index (χ1n) is 5.04. The molecule has 1 aromatic rings. The first-order chi connectivity index (χ1) is 6.62. The highest BCUT2D eigenvalue weighted by Crippen LogP contribution is 2.35. The summed E-state index contributed by atoms with van der Waals surface area (Å²) in [6.07, 6.45) is 9.63. The van der Waals surface area contributed by atoms with E-state index in [4.69, 9.17) is 4.42 Å². The molecule has 1 aliphatic rings. The van der Waals surface area contributed by atoms with Crippen LogP contribution in [-0.4, -0.2) is 0 Å². The van der Waals surface area contributed by atoms with Gasteiger partial charge in [0.1, 0.15) is 11.5 Å². The molecule has 14 heavy (non-hydrogen) atoms. The summed E-state index contributed by atoms with van der Waals surface area (Å²) in [5, 5.41) is 0. The molecule has 1 heterocycles. The van der Waals surface area contributed by atoms with Crippen LogP contribution in [0.15, 0.2) is 34.8 Å². The van der Waals surface area contributed by atoms with Crippen molar-refractivity contribution < 1.29 is 4.42 Å². The van der Waals surface area contributed by atoms with Crippen LogP contribution in [0.2, 0.25) is 0 Å². The molecule has 0 saturated heterocycles. The summed E-state index contributed by atoms with van der Waals surface area (Å²) in [5.74, 6) is 2.11. The molecule has 1 atom stereocenters. The van der Waals surface area contributed by atoms with Crippen molar-refractivity contribution in [3.05, 3.63) is 47.5 Å². The van der Waals surface area contributed by atoms with Crippen LogP contribution in [0.25, 0.3) is 0 Å². The van der Waals surface area contributed by atoms with Crippen molar-refractivity contribution in [2.75, 3.05) is 0 Å². The Morgan fingerprint density at radius 3 is 2.57 bits per heavy atom. The van der Waals surface area contributed by atoms with Gasteiger partial charge in [-0.1, -0.05) is 24.3 Å². The zero-order valence-corrected chi connectivity index (χ0v) is 9.00. The van der Waals surface area contributed by atoms with Crippen LogP contribution in [0.3, 0.4) is 0 Å². The predicted octanol–water partition coefficient (Wildman–Crippen LogP) is 3.67. The number of hydrogen-bond donors (Lipinski definition) is 0. The molecular formula is C13H16O.